The molecular formula is C17H21ClN2. The Hall–Kier alpha value is -1.51. The van der Waals surface area contributed by atoms with Crippen LogP contribution in [0.2, 0.25) is 5.02 Å². The third kappa shape index (κ3) is 4.26. The molecule has 2 rings (SSSR count). The van der Waals surface area contributed by atoms with Crippen LogP contribution < -0.4 is 10.6 Å². The molecule has 0 aliphatic heterocycles. The molecule has 0 bridgehead atoms. The molecule has 0 saturated carbocycles. The van der Waals surface area contributed by atoms with E-state index in [2.05, 4.69) is 42.3 Å². The molecule has 0 radical (unpaired) electrons. The molecule has 0 spiro atoms. The van der Waals surface area contributed by atoms with Crippen molar-refractivity contribution in [2.75, 3.05) is 11.9 Å². The molecule has 1 unspecified atom stereocenters. The van der Waals surface area contributed by atoms with Gasteiger partial charge in [-0.15, -0.1) is 0 Å². The minimum atomic E-state index is 0.199. The van der Waals surface area contributed by atoms with Gasteiger partial charge in [0.1, 0.15) is 0 Å². The number of anilines is 1. The lowest BCUT2D eigenvalue weighted by Crippen LogP contribution is -2.18. The molecule has 2 aromatic carbocycles. The van der Waals surface area contributed by atoms with Crippen LogP contribution in [0, 0.1) is 0 Å². The first-order chi connectivity index (χ1) is 9.54. The molecule has 0 amide bonds. The maximum absolute atomic E-state index is 6.01. The lowest BCUT2D eigenvalue weighted by Gasteiger charge is -2.20. The summed E-state index contributed by atoms with van der Waals surface area (Å²) >= 11 is 6.01. The third-order valence-corrected chi connectivity index (χ3v) is 3.48. The normalized spacial score (nSPS) is 12.2. The number of hydrogen-bond acceptors (Lipinski definition) is 2. The standard InChI is InChI=1S/C17H21ClN2/c1-13(19)10-14-6-8-17(9-7-14)20(2)12-15-4-3-5-16(18)11-15/h3-9,11,13H,10,12,19H2,1-2H3. The van der Waals surface area contributed by atoms with Crippen molar-refractivity contribution in [3.63, 3.8) is 0 Å². The second kappa shape index (κ2) is 6.78. The van der Waals surface area contributed by atoms with Crippen molar-refractivity contribution < 1.29 is 0 Å². The van der Waals surface area contributed by atoms with Crippen molar-refractivity contribution >= 4 is 17.3 Å². The highest BCUT2D eigenvalue weighted by atomic mass is 35.5. The third-order valence-electron chi connectivity index (χ3n) is 3.24. The number of benzene rings is 2. The van der Waals surface area contributed by atoms with E-state index in [9.17, 15) is 0 Å². The molecule has 0 heterocycles. The Morgan fingerprint density at radius 2 is 1.80 bits per heavy atom. The maximum atomic E-state index is 6.01. The van der Waals surface area contributed by atoms with E-state index < -0.39 is 0 Å². The predicted molar refractivity (Wildman–Crippen MR) is 87.4 cm³/mol. The van der Waals surface area contributed by atoms with E-state index >= 15 is 0 Å². The van der Waals surface area contributed by atoms with E-state index in [-0.39, 0.29) is 6.04 Å². The zero-order chi connectivity index (χ0) is 14.5. The zero-order valence-electron chi connectivity index (χ0n) is 12.0. The van der Waals surface area contributed by atoms with E-state index in [1.807, 2.05) is 25.1 Å². The lowest BCUT2D eigenvalue weighted by molar-refractivity contribution is 0.738. The molecule has 0 fully saturated rings. The van der Waals surface area contributed by atoms with Gasteiger partial charge in [0.05, 0.1) is 0 Å². The maximum Gasteiger partial charge on any atom is 0.0426 e. The molecule has 0 aliphatic carbocycles. The molecule has 2 aromatic rings. The van der Waals surface area contributed by atoms with Crippen LogP contribution in [0.5, 0.6) is 0 Å². The number of rotatable bonds is 5. The van der Waals surface area contributed by atoms with Gasteiger partial charge in [-0.05, 0) is 48.7 Å². The average molecular weight is 289 g/mol. The SMILES string of the molecule is CC(N)Cc1ccc(N(C)Cc2cccc(Cl)c2)cc1. The van der Waals surface area contributed by atoms with E-state index in [0.29, 0.717) is 0 Å². The minimum absolute atomic E-state index is 0.199. The van der Waals surface area contributed by atoms with Gasteiger partial charge >= 0.3 is 0 Å². The van der Waals surface area contributed by atoms with Crippen LogP contribution in [0.4, 0.5) is 5.69 Å². The highest BCUT2D eigenvalue weighted by Gasteiger charge is 2.04. The fraction of sp³-hybridized carbons (Fsp3) is 0.294. The predicted octanol–water partition coefficient (Wildman–Crippen LogP) is 3.87. The van der Waals surface area contributed by atoms with Crippen molar-refractivity contribution in [1.29, 1.82) is 0 Å². The van der Waals surface area contributed by atoms with E-state index in [1.54, 1.807) is 0 Å². The highest BCUT2D eigenvalue weighted by Crippen LogP contribution is 2.18. The van der Waals surface area contributed by atoms with Gasteiger partial charge in [0, 0.05) is 30.3 Å². The molecule has 0 aliphatic rings. The quantitative estimate of drug-likeness (QED) is 0.905. The second-order valence-electron chi connectivity index (χ2n) is 5.33. The van der Waals surface area contributed by atoms with Crippen molar-refractivity contribution in [3.05, 3.63) is 64.7 Å². The Balaban J connectivity index is 2.03. The van der Waals surface area contributed by atoms with Crippen molar-refractivity contribution in [2.45, 2.75) is 25.9 Å². The fourth-order valence-corrected chi connectivity index (χ4v) is 2.47. The summed E-state index contributed by atoms with van der Waals surface area (Å²) in [7, 11) is 2.08. The highest BCUT2D eigenvalue weighted by molar-refractivity contribution is 6.30. The Morgan fingerprint density at radius 1 is 1.10 bits per heavy atom. The zero-order valence-corrected chi connectivity index (χ0v) is 12.8. The summed E-state index contributed by atoms with van der Waals surface area (Å²) in [6.07, 6.45) is 0.915. The first kappa shape index (κ1) is 14.9. The summed E-state index contributed by atoms with van der Waals surface area (Å²) in [5.41, 5.74) is 9.49. The fourth-order valence-electron chi connectivity index (χ4n) is 2.26. The topological polar surface area (TPSA) is 29.3 Å². The van der Waals surface area contributed by atoms with Gasteiger partial charge in [-0.25, -0.2) is 0 Å². The molecule has 0 aromatic heterocycles. The Bertz CT molecular complexity index is 549. The smallest absolute Gasteiger partial charge is 0.0426 e. The van der Waals surface area contributed by atoms with Crippen LogP contribution in [0.1, 0.15) is 18.1 Å². The van der Waals surface area contributed by atoms with E-state index in [0.717, 1.165) is 18.0 Å². The summed E-state index contributed by atoms with van der Waals surface area (Å²) in [6.45, 7) is 2.87. The largest absolute Gasteiger partial charge is 0.370 e. The van der Waals surface area contributed by atoms with Gasteiger partial charge in [0.2, 0.25) is 0 Å². The molecule has 3 heteroatoms. The van der Waals surface area contributed by atoms with Gasteiger partial charge in [0.15, 0.2) is 0 Å². The van der Waals surface area contributed by atoms with E-state index in [1.165, 1.54) is 16.8 Å². The molecular weight excluding hydrogens is 268 g/mol. The number of nitrogens with two attached hydrogens (primary N) is 1. The first-order valence-electron chi connectivity index (χ1n) is 6.84. The summed E-state index contributed by atoms with van der Waals surface area (Å²) in [5, 5.41) is 0.781. The van der Waals surface area contributed by atoms with Crippen LogP contribution in [0.25, 0.3) is 0 Å². The summed E-state index contributed by atoms with van der Waals surface area (Å²) in [5.74, 6) is 0. The van der Waals surface area contributed by atoms with Gasteiger partial charge in [-0.3, -0.25) is 0 Å². The monoisotopic (exact) mass is 288 g/mol. The summed E-state index contributed by atoms with van der Waals surface area (Å²) in [4.78, 5) is 2.21. The van der Waals surface area contributed by atoms with Gasteiger partial charge in [0.25, 0.3) is 0 Å². The van der Waals surface area contributed by atoms with Crippen LogP contribution in [0.15, 0.2) is 48.5 Å². The van der Waals surface area contributed by atoms with Crippen LogP contribution in [-0.4, -0.2) is 13.1 Å². The minimum Gasteiger partial charge on any atom is -0.370 e. The molecule has 2 nitrogen and oxygen atoms in total. The van der Waals surface area contributed by atoms with Gasteiger partial charge in [-0.1, -0.05) is 35.9 Å². The number of halogens is 1. The van der Waals surface area contributed by atoms with E-state index in [4.69, 9.17) is 17.3 Å². The van der Waals surface area contributed by atoms with Crippen LogP contribution >= 0.6 is 11.6 Å². The molecule has 0 saturated heterocycles. The molecule has 1 atom stereocenters. The molecule has 106 valence electrons. The Kier molecular flexibility index (Phi) is 5.05. The Morgan fingerprint density at radius 3 is 2.40 bits per heavy atom. The van der Waals surface area contributed by atoms with Gasteiger partial charge < -0.3 is 10.6 Å². The molecule has 20 heavy (non-hydrogen) atoms. The lowest BCUT2D eigenvalue weighted by atomic mass is 10.1. The van der Waals surface area contributed by atoms with Crippen molar-refractivity contribution in [3.8, 4) is 0 Å². The first-order valence-corrected chi connectivity index (χ1v) is 7.22. The average Bonchev–Trinajstić information content (AvgIpc) is 2.38. The van der Waals surface area contributed by atoms with Crippen molar-refractivity contribution in [2.24, 2.45) is 5.73 Å². The summed E-state index contributed by atoms with van der Waals surface area (Å²) in [6, 6.07) is 16.7. The van der Waals surface area contributed by atoms with Crippen LogP contribution in [-0.2, 0) is 13.0 Å². The Labute approximate surface area is 126 Å². The van der Waals surface area contributed by atoms with Crippen molar-refractivity contribution in [1.82, 2.24) is 0 Å². The summed E-state index contributed by atoms with van der Waals surface area (Å²) < 4.78 is 0. The number of nitrogens with zero attached hydrogens (tertiary/aromatic N) is 1. The second-order valence-corrected chi connectivity index (χ2v) is 5.77. The van der Waals surface area contributed by atoms with Crippen LogP contribution in [0.3, 0.4) is 0 Å². The van der Waals surface area contributed by atoms with Gasteiger partial charge in [-0.2, -0.15) is 0 Å². The number of hydrogen-bond donors (Lipinski definition) is 1. The molecule has 2 N–H and O–H groups in total.